The minimum absolute atomic E-state index is 0.0939. The van der Waals surface area contributed by atoms with E-state index in [2.05, 4.69) is 16.3 Å². The van der Waals surface area contributed by atoms with Crippen LogP contribution in [0.15, 0.2) is 41.2 Å². The van der Waals surface area contributed by atoms with Gasteiger partial charge in [0, 0.05) is 49.4 Å². The lowest BCUT2D eigenvalue weighted by Gasteiger charge is -2.44. The Balaban J connectivity index is 1.61. The molecule has 26 heavy (non-hydrogen) atoms. The van der Waals surface area contributed by atoms with E-state index >= 15 is 0 Å². The van der Waals surface area contributed by atoms with Gasteiger partial charge in [0.1, 0.15) is 0 Å². The van der Waals surface area contributed by atoms with Gasteiger partial charge in [0.05, 0.1) is 11.4 Å². The van der Waals surface area contributed by atoms with E-state index in [-0.39, 0.29) is 11.5 Å². The predicted molar refractivity (Wildman–Crippen MR) is 103 cm³/mol. The Morgan fingerprint density at radius 1 is 1.23 bits per heavy atom. The van der Waals surface area contributed by atoms with Gasteiger partial charge in [0.15, 0.2) is 0 Å². The number of nitrogens with one attached hydrogen (secondary N) is 1. The first-order valence-electron chi connectivity index (χ1n) is 9.19. The van der Waals surface area contributed by atoms with Crippen molar-refractivity contribution >= 4 is 17.3 Å². The lowest BCUT2D eigenvalue weighted by molar-refractivity contribution is 0.0956. The smallest absolute Gasteiger partial charge is 0.251 e. The van der Waals surface area contributed by atoms with Gasteiger partial charge in [-0.05, 0) is 43.5 Å². The van der Waals surface area contributed by atoms with Gasteiger partial charge in [-0.1, -0.05) is 6.07 Å². The number of nitrogens with zero attached hydrogens (tertiary/aromatic N) is 2. The first kappa shape index (κ1) is 16.7. The standard InChI is InChI=1S/C20H24N4O2/c1-2-22-20(26)14-6-7-18(16(21)9-14)23-10-13-8-15(12-23)17-4-3-5-19(25)24(17)11-13/h3-7,9,13,15H,2,8,10-12,21H2,1H3,(H,22,26). The maximum atomic E-state index is 12.1. The SMILES string of the molecule is CCNC(=O)c1ccc(N2CC3CC(C2)c2cccc(=O)n2C3)c(N)c1. The van der Waals surface area contributed by atoms with E-state index in [0.717, 1.165) is 37.4 Å². The average Bonchev–Trinajstić information content (AvgIpc) is 2.62. The molecule has 2 atom stereocenters. The average molecular weight is 352 g/mol. The number of pyridine rings is 1. The molecule has 1 aromatic heterocycles. The number of hydrogen-bond acceptors (Lipinski definition) is 4. The summed E-state index contributed by atoms with van der Waals surface area (Å²) >= 11 is 0. The van der Waals surface area contributed by atoms with Gasteiger partial charge in [-0.2, -0.15) is 0 Å². The Bertz CT molecular complexity index is 905. The molecule has 1 amide bonds. The van der Waals surface area contributed by atoms with Crippen LogP contribution < -0.4 is 21.5 Å². The van der Waals surface area contributed by atoms with Crippen LogP contribution in [-0.4, -0.2) is 30.1 Å². The van der Waals surface area contributed by atoms with Crippen LogP contribution in [0.25, 0.3) is 0 Å². The van der Waals surface area contributed by atoms with E-state index in [9.17, 15) is 9.59 Å². The van der Waals surface area contributed by atoms with Gasteiger partial charge in [0.2, 0.25) is 0 Å². The highest BCUT2D eigenvalue weighted by Crippen LogP contribution is 2.38. The fourth-order valence-electron chi connectivity index (χ4n) is 4.34. The number of anilines is 2. The number of rotatable bonds is 3. The number of piperidine rings is 1. The molecular weight excluding hydrogens is 328 g/mol. The highest BCUT2D eigenvalue weighted by atomic mass is 16.1. The van der Waals surface area contributed by atoms with Gasteiger partial charge in [-0.15, -0.1) is 0 Å². The normalized spacial score (nSPS) is 21.2. The molecule has 2 aliphatic rings. The molecule has 2 aliphatic heterocycles. The topological polar surface area (TPSA) is 80.4 Å². The summed E-state index contributed by atoms with van der Waals surface area (Å²) in [5.74, 6) is 0.664. The maximum Gasteiger partial charge on any atom is 0.251 e. The summed E-state index contributed by atoms with van der Waals surface area (Å²) in [4.78, 5) is 26.4. The van der Waals surface area contributed by atoms with Crippen molar-refractivity contribution in [1.29, 1.82) is 0 Å². The molecular formula is C20H24N4O2. The molecule has 2 bridgehead atoms. The first-order valence-corrected chi connectivity index (χ1v) is 9.19. The number of amides is 1. The zero-order valence-electron chi connectivity index (χ0n) is 14.9. The second-order valence-corrected chi connectivity index (χ2v) is 7.24. The molecule has 1 aromatic carbocycles. The van der Waals surface area contributed by atoms with Gasteiger partial charge >= 0.3 is 0 Å². The summed E-state index contributed by atoms with van der Waals surface area (Å²) in [5.41, 5.74) is 9.67. The van der Waals surface area contributed by atoms with Crippen molar-refractivity contribution in [2.45, 2.75) is 25.8 Å². The van der Waals surface area contributed by atoms with Crippen molar-refractivity contribution in [3.8, 4) is 0 Å². The fourth-order valence-corrected chi connectivity index (χ4v) is 4.34. The third-order valence-corrected chi connectivity index (χ3v) is 5.45. The van der Waals surface area contributed by atoms with Crippen LogP contribution in [-0.2, 0) is 6.54 Å². The van der Waals surface area contributed by atoms with E-state index in [0.29, 0.717) is 29.6 Å². The van der Waals surface area contributed by atoms with E-state index in [4.69, 9.17) is 5.73 Å². The quantitative estimate of drug-likeness (QED) is 0.826. The van der Waals surface area contributed by atoms with Crippen molar-refractivity contribution in [3.05, 3.63) is 58.0 Å². The number of hydrogen-bond donors (Lipinski definition) is 2. The third-order valence-electron chi connectivity index (χ3n) is 5.45. The van der Waals surface area contributed by atoms with Crippen molar-refractivity contribution < 1.29 is 4.79 Å². The minimum Gasteiger partial charge on any atom is -0.397 e. The monoisotopic (exact) mass is 352 g/mol. The molecule has 0 saturated carbocycles. The highest BCUT2D eigenvalue weighted by Gasteiger charge is 2.35. The molecule has 0 aliphatic carbocycles. The molecule has 0 spiro atoms. The zero-order valence-corrected chi connectivity index (χ0v) is 14.9. The van der Waals surface area contributed by atoms with Crippen LogP contribution in [0, 0.1) is 5.92 Å². The van der Waals surface area contributed by atoms with Gasteiger partial charge in [0.25, 0.3) is 11.5 Å². The van der Waals surface area contributed by atoms with E-state index < -0.39 is 0 Å². The van der Waals surface area contributed by atoms with Gasteiger partial charge < -0.3 is 20.5 Å². The first-order chi connectivity index (χ1) is 12.6. The zero-order chi connectivity index (χ0) is 18.3. The van der Waals surface area contributed by atoms with Crippen LogP contribution >= 0.6 is 0 Å². The molecule has 2 aromatic rings. The van der Waals surface area contributed by atoms with Crippen LogP contribution in [0.1, 0.15) is 35.3 Å². The van der Waals surface area contributed by atoms with Crippen LogP contribution in [0.2, 0.25) is 0 Å². The number of carbonyl (C=O) groups is 1. The number of carbonyl (C=O) groups excluding carboxylic acids is 1. The van der Waals surface area contributed by atoms with Crippen molar-refractivity contribution in [2.24, 2.45) is 5.92 Å². The van der Waals surface area contributed by atoms with Crippen LogP contribution in [0.4, 0.5) is 11.4 Å². The second-order valence-electron chi connectivity index (χ2n) is 7.24. The van der Waals surface area contributed by atoms with Crippen molar-refractivity contribution in [3.63, 3.8) is 0 Å². The summed E-state index contributed by atoms with van der Waals surface area (Å²) < 4.78 is 1.93. The molecule has 6 heteroatoms. The Morgan fingerprint density at radius 3 is 2.85 bits per heavy atom. The Kier molecular flexibility index (Phi) is 4.18. The Hall–Kier alpha value is -2.76. The number of fused-ring (bicyclic) bond motifs is 4. The summed E-state index contributed by atoms with van der Waals surface area (Å²) in [7, 11) is 0. The minimum atomic E-state index is -0.102. The highest BCUT2D eigenvalue weighted by molar-refractivity contribution is 5.96. The van der Waals surface area contributed by atoms with Crippen molar-refractivity contribution in [2.75, 3.05) is 30.3 Å². The summed E-state index contributed by atoms with van der Waals surface area (Å²) in [5, 5.41) is 2.80. The van der Waals surface area contributed by atoms with Gasteiger partial charge in [-0.25, -0.2) is 0 Å². The van der Waals surface area contributed by atoms with Gasteiger partial charge in [-0.3, -0.25) is 9.59 Å². The molecule has 1 fully saturated rings. The number of nitrogen functional groups attached to an aromatic ring is 1. The molecule has 4 rings (SSSR count). The number of nitrogens with two attached hydrogens (primary N) is 1. The lowest BCUT2D eigenvalue weighted by Crippen LogP contribution is -2.47. The van der Waals surface area contributed by atoms with Crippen LogP contribution in [0.3, 0.4) is 0 Å². The van der Waals surface area contributed by atoms with Crippen molar-refractivity contribution in [1.82, 2.24) is 9.88 Å². The molecule has 0 radical (unpaired) electrons. The summed E-state index contributed by atoms with van der Waals surface area (Å²) in [6, 6.07) is 11.1. The number of aromatic nitrogens is 1. The fraction of sp³-hybridized carbons (Fsp3) is 0.400. The molecule has 2 unspecified atom stereocenters. The summed E-state index contributed by atoms with van der Waals surface area (Å²) in [6.07, 6.45) is 1.11. The molecule has 136 valence electrons. The second kappa shape index (κ2) is 6.52. The molecule has 3 N–H and O–H groups in total. The maximum absolute atomic E-state index is 12.1. The van der Waals surface area contributed by atoms with E-state index in [1.807, 2.05) is 29.7 Å². The molecule has 3 heterocycles. The molecule has 6 nitrogen and oxygen atoms in total. The predicted octanol–water partition coefficient (Wildman–Crippen LogP) is 1.80. The Labute approximate surface area is 152 Å². The van der Waals surface area contributed by atoms with E-state index in [1.165, 1.54) is 0 Å². The van der Waals surface area contributed by atoms with E-state index in [1.54, 1.807) is 12.1 Å². The molecule has 1 saturated heterocycles. The largest absolute Gasteiger partial charge is 0.397 e. The van der Waals surface area contributed by atoms with Crippen LogP contribution in [0.5, 0.6) is 0 Å². The number of benzene rings is 1. The Morgan fingerprint density at radius 2 is 2.08 bits per heavy atom. The lowest BCUT2D eigenvalue weighted by atomic mass is 9.83. The third kappa shape index (κ3) is 2.85. The summed E-state index contributed by atoms with van der Waals surface area (Å²) in [6.45, 7) is 4.96.